The van der Waals surface area contributed by atoms with Gasteiger partial charge < -0.3 is 15.3 Å². The van der Waals surface area contributed by atoms with Crippen LogP contribution >= 0.6 is 0 Å². The van der Waals surface area contributed by atoms with Crippen molar-refractivity contribution in [1.29, 1.82) is 0 Å². The highest BCUT2D eigenvalue weighted by Crippen LogP contribution is 2.38. The van der Waals surface area contributed by atoms with E-state index in [1.165, 1.54) is 11.1 Å². The van der Waals surface area contributed by atoms with Gasteiger partial charge in [-0.05, 0) is 38.1 Å². The summed E-state index contributed by atoms with van der Waals surface area (Å²) in [6.07, 6.45) is 5.24. The van der Waals surface area contributed by atoms with E-state index in [4.69, 9.17) is 0 Å². The van der Waals surface area contributed by atoms with Crippen molar-refractivity contribution in [3.63, 3.8) is 0 Å². The Hall–Kier alpha value is -1.65. The third-order valence-electron chi connectivity index (χ3n) is 4.11. The molecule has 2 rings (SSSR count). The zero-order valence-corrected chi connectivity index (χ0v) is 12.8. The molecule has 1 aromatic carbocycles. The smallest absolute Gasteiger partial charge is 0.243 e. The summed E-state index contributed by atoms with van der Waals surface area (Å²) in [5.74, 6) is -0.103. The van der Waals surface area contributed by atoms with Crippen molar-refractivity contribution < 1.29 is 9.90 Å². The summed E-state index contributed by atoms with van der Waals surface area (Å²) >= 11 is 0. The number of fused-ring (bicyclic) bond motifs is 1. The molecule has 1 unspecified atom stereocenters. The average Bonchev–Trinajstić information content (AvgIpc) is 2.84. The van der Waals surface area contributed by atoms with Gasteiger partial charge in [0, 0.05) is 24.6 Å². The maximum Gasteiger partial charge on any atom is 0.243 e. The lowest BCUT2D eigenvalue weighted by Gasteiger charge is -2.28. The first kappa shape index (κ1) is 15.7. The Morgan fingerprint density at radius 2 is 2.19 bits per heavy atom. The van der Waals surface area contributed by atoms with Crippen LogP contribution in [0.5, 0.6) is 0 Å². The lowest BCUT2D eigenvalue weighted by molar-refractivity contribution is -0.116. The van der Waals surface area contributed by atoms with Crippen LogP contribution in [0.3, 0.4) is 0 Å². The minimum absolute atomic E-state index is 0.0612. The van der Waals surface area contributed by atoms with Crippen LogP contribution in [0.2, 0.25) is 0 Å². The molecule has 0 spiro atoms. The van der Waals surface area contributed by atoms with Crippen molar-refractivity contribution in [2.75, 3.05) is 33.8 Å². The molecule has 1 aliphatic rings. The molecular formula is C17H24N2O2. The summed E-state index contributed by atoms with van der Waals surface area (Å²) in [6, 6.07) is 8.18. The van der Waals surface area contributed by atoms with E-state index in [1.54, 1.807) is 6.08 Å². The molecule has 4 heteroatoms. The van der Waals surface area contributed by atoms with Gasteiger partial charge in [0.15, 0.2) is 0 Å². The molecule has 2 N–H and O–H groups in total. The Bertz CT molecular complexity index is 525. The van der Waals surface area contributed by atoms with E-state index in [-0.39, 0.29) is 17.9 Å². The van der Waals surface area contributed by atoms with Crippen molar-refractivity contribution in [3.05, 3.63) is 47.5 Å². The van der Waals surface area contributed by atoms with E-state index in [1.807, 2.05) is 37.2 Å². The topological polar surface area (TPSA) is 52.6 Å². The molecule has 0 saturated carbocycles. The number of nitrogens with one attached hydrogen (secondary N) is 1. The quantitative estimate of drug-likeness (QED) is 0.771. The van der Waals surface area contributed by atoms with Crippen LogP contribution in [-0.2, 0) is 16.6 Å². The van der Waals surface area contributed by atoms with E-state index in [9.17, 15) is 9.90 Å². The highest BCUT2D eigenvalue weighted by atomic mass is 16.3. The van der Waals surface area contributed by atoms with Gasteiger partial charge in [-0.2, -0.15) is 0 Å². The fourth-order valence-corrected chi connectivity index (χ4v) is 2.85. The van der Waals surface area contributed by atoms with Gasteiger partial charge in [-0.15, -0.1) is 0 Å². The Balaban J connectivity index is 1.98. The molecule has 0 radical (unpaired) electrons. The standard InChI is InChI=1S/C17H24N2O2/c1-19(2)11-5-8-16(21)18-12-17(13-20)10-9-14-6-3-4-7-15(14)17/h3-8,20H,9-13H2,1-2H3,(H,18,21)/b8-5+. The van der Waals surface area contributed by atoms with Crippen molar-refractivity contribution in [1.82, 2.24) is 10.2 Å². The minimum atomic E-state index is -0.332. The molecule has 0 aromatic heterocycles. The first-order chi connectivity index (χ1) is 10.1. The molecule has 0 saturated heterocycles. The fraction of sp³-hybridized carbons (Fsp3) is 0.471. The molecule has 21 heavy (non-hydrogen) atoms. The van der Waals surface area contributed by atoms with Crippen LogP contribution in [0.25, 0.3) is 0 Å². The van der Waals surface area contributed by atoms with Gasteiger partial charge in [0.05, 0.1) is 6.61 Å². The summed E-state index contributed by atoms with van der Waals surface area (Å²) < 4.78 is 0. The van der Waals surface area contributed by atoms with E-state index in [2.05, 4.69) is 17.4 Å². The van der Waals surface area contributed by atoms with Crippen LogP contribution in [0, 0.1) is 0 Å². The average molecular weight is 288 g/mol. The normalized spacial score (nSPS) is 21.0. The summed E-state index contributed by atoms with van der Waals surface area (Å²) in [4.78, 5) is 13.8. The second-order valence-electron chi connectivity index (χ2n) is 5.98. The van der Waals surface area contributed by atoms with Crippen LogP contribution < -0.4 is 5.32 Å². The highest BCUT2D eigenvalue weighted by Gasteiger charge is 2.38. The molecule has 1 amide bonds. The molecule has 1 aromatic rings. The number of rotatable bonds is 6. The van der Waals surface area contributed by atoms with Crippen LogP contribution in [0.15, 0.2) is 36.4 Å². The first-order valence-electron chi connectivity index (χ1n) is 7.36. The molecule has 1 aliphatic carbocycles. The summed E-state index contributed by atoms with van der Waals surface area (Å²) in [5.41, 5.74) is 2.12. The number of aryl methyl sites for hydroxylation is 1. The van der Waals surface area contributed by atoms with Crippen molar-refractivity contribution in [2.24, 2.45) is 0 Å². The van der Waals surface area contributed by atoms with Gasteiger partial charge in [-0.1, -0.05) is 30.3 Å². The number of amides is 1. The number of likely N-dealkylation sites (N-methyl/N-ethyl adjacent to an activating group) is 1. The maximum absolute atomic E-state index is 11.9. The van der Waals surface area contributed by atoms with Gasteiger partial charge in [0.2, 0.25) is 5.91 Å². The van der Waals surface area contributed by atoms with Gasteiger partial charge in [-0.3, -0.25) is 4.79 Å². The Labute approximate surface area is 126 Å². The molecule has 0 heterocycles. The van der Waals surface area contributed by atoms with E-state index in [0.29, 0.717) is 6.54 Å². The Kier molecular flexibility index (Phi) is 5.15. The molecule has 1 atom stereocenters. The Morgan fingerprint density at radius 1 is 1.43 bits per heavy atom. The van der Waals surface area contributed by atoms with Crippen LogP contribution in [-0.4, -0.2) is 49.7 Å². The summed E-state index contributed by atoms with van der Waals surface area (Å²) in [6.45, 7) is 1.28. The molecule has 4 nitrogen and oxygen atoms in total. The summed E-state index contributed by atoms with van der Waals surface area (Å²) in [7, 11) is 3.91. The third-order valence-corrected chi connectivity index (χ3v) is 4.11. The number of nitrogens with zero attached hydrogens (tertiary/aromatic N) is 1. The number of hydrogen-bond donors (Lipinski definition) is 2. The number of aliphatic hydroxyl groups excluding tert-OH is 1. The number of carbonyl (C=O) groups is 1. The van der Waals surface area contributed by atoms with Crippen LogP contribution in [0.4, 0.5) is 0 Å². The molecule has 0 aliphatic heterocycles. The number of aliphatic hydroxyl groups is 1. The van der Waals surface area contributed by atoms with Crippen molar-refractivity contribution in [2.45, 2.75) is 18.3 Å². The van der Waals surface area contributed by atoms with E-state index in [0.717, 1.165) is 19.4 Å². The van der Waals surface area contributed by atoms with Gasteiger partial charge in [0.1, 0.15) is 0 Å². The highest BCUT2D eigenvalue weighted by molar-refractivity contribution is 5.87. The Morgan fingerprint density at radius 3 is 2.90 bits per heavy atom. The zero-order valence-electron chi connectivity index (χ0n) is 12.8. The third kappa shape index (κ3) is 3.71. The van der Waals surface area contributed by atoms with Crippen molar-refractivity contribution >= 4 is 5.91 Å². The number of hydrogen-bond acceptors (Lipinski definition) is 3. The van der Waals surface area contributed by atoms with E-state index < -0.39 is 0 Å². The molecule has 0 fully saturated rings. The fourth-order valence-electron chi connectivity index (χ4n) is 2.85. The largest absolute Gasteiger partial charge is 0.395 e. The SMILES string of the molecule is CN(C)C/C=C/C(=O)NCC1(CO)CCc2ccccc21. The predicted octanol–water partition coefficient (Wildman–Crippen LogP) is 1.10. The predicted molar refractivity (Wildman–Crippen MR) is 84.2 cm³/mol. The first-order valence-corrected chi connectivity index (χ1v) is 7.36. The number of benzene rings is 1. The van der Waals surface area contributed by atoms with Gasteiger partial charge in [0.25, 0.3) is 0 Å². The maximum atomic E-state index is 11.9. The second-order valence-corrected chi connectivity index (χ2v) is 5.98. The molecule has 0 bridgehead atoms. The molecular weight excluding hydrogens is 264 g/mol. The minimum Gasteiger partial charge on any atom is -0.395 e. The lowest BCUT2D eigenvalue weighted by atomic mass is 9.82. The monoisotopic (exact) mass is 288 g/mol. The lowest BCUT2D eigenvalue weighted by Crippen LogP contribution is -2.41. The van der Waals surface area contributed by atoms with Gasteiger partial charge >= 0.3 is 0 Å². The van der Waals surface area contributed by atoms with E-state index >= 15 is 0 Å². The molecule has 114 valence electrons. The summed E-state index contributed by atoms with van der Waals surface area (Å²) in [5, 5.41) is 12.8. The van der Waals surface area contributed by atoms with Crippen molar-refractivity contribution in [3.8, 4) is 0 Å². The number of carbonyl (C=O) groups excluding carboxylic acids is 1. The second kappa shape index (κ2) is 6.87. The van der Waals surface area contributed by atoms with Gasteiger partial charge in [-0.25, -0.2) is 0 Å². The van der Waals surface area contributed by atoms with Crippen LogP contribution in [0.1, 0.15) is 17.5 Å². The zero-order chi connectivity index (χ0) is 15.3.